The molecular weight excluding hydrogens is 637 g/mol. The lowest BCUT2D eigenvalue weighted by molar-refractivity contribution is 0.0240. The van der Waals surface area contributed by atoms with E-state index in [0.29, 0.717) is 66.1 Å². The number of nitrogens with zero attached hydrogens (tertiary/aromatic N) is 5. The van der Waals surface area contributed by atoms with E-state index in [-0.39, 0.29) is 27.9 Å². The van der Waals surface area contributed by atoms with Gasteiger partial charge in [0.15, 0.2) is 11.6 Å². The summed E-state index contributed by atoms with van der Waals surface area (Å²) in [5, 5.41) is 0.664. The smallest absolute Gasteiger partial charge is 0.410 e. The molecule has 48 heavy (non-hydrogen) atoms. The van der Waals surface area contributed by atoms with Crippen molar-refractivity contribution in [3.05, 3.63) is 81.1 Å². The molecule has 10 nitrogen and oxygen atoms in total. The quantitative estimate of drug-likeness (QED) is 0.196. The third kappa shape index (κ3) is 5.91. The van der Waals surface area contributed by atoms with Crippen molar-refractivity contribution in [3.63, 3.8) is 0 Å². The van der Waals surface area contributed by atoms with Crippen molar-refractivity contribution >= 4 is 45.3 Å². The summed E-state index contributed by atoms with van der Waals surface area (Å²) in [7, 11) is 4.83. The zero-order valence-corrected chi connectivity index (χ0v) is 28.9. The number of ether oxygens (including phenoxy) is 3. The maximum Gasteiger partial charge on any atom is 0.410 e. The Balaban J connectivity index is 1.44. The van der Waals surface area contributed by atoms with Gasteiger partial charge in [0.05, 0.1) is 48.7 Å². The molecule has 1 fully saturated rings. The number of aryl methyl sites for hydroxylation is 2. The molecule has 1 aliphatic rings. The zero-order chi connectivity index (χ0) is 34.5. The van der Waals surface area contributed by atoms with E-state index in [1.54, 1.807) is 29.7 Å². The zero-order valence-electron chi connectivity index (χ0n) is 28.2. The molecule has 12 heteroatoms. The number of piperazine rings is 1. The number of benzene rings is 3. The van der Waals surface area contributed by atoms with E-state index in [1.165, 1.54) is 17.9 Å². The highest BCUT2D eigenvalue weighted by Gasteiger charge is 2.30. The number of pyridine rings is 1. The Morgan fingerprint density at radius 3 is 2.31 bits per heavy atom. The number of anilines is 1. The van der Waals surface area contributed by atoms with Gasteiger partial charge in [0.2, 0.25) is 0 Å². The summed E-state index contributed by atoms with van der Waals surface area (Å²) in [6.45, 7) is 9.47. The molecule has 2 aromatic heterocycles. The fourth-order valence-corrected chi connectivity index (χ4v) is 6.66. The molecule has 0 radical (unpaired) electrons. The summed E-state index contributed by atoms with van der Waals surface area (Å²) in [4.78, 5) is 34.5. The number of amides is 1. The average molecular weight is 676 g/mol. The second kappa shape index (κ2) is 12.7. The molecule has 1 amide bonds. The van der Waals surface area contributed by atoms with Gasteiger partial charge in [-0.05, 0) is 63.1 Å². The summed E-state index contributed by atoms with van der Waals surface area (Å²) in [6, 6.07) is 13.0. The van der Waals surface area contributed by atoms with Crippen LogP contribution < -0.4 is 20.1 Å². The minimum Gasteiger partial charge on any atom is -0.497 e. The number of rotatable bonds is 6. The van der Waals surface area contributed by atoms with Crippen LogP contribution in [0.5, 0.6) is 11.5 Å². The van der Waals surface area contributed by atoms with E-state index in [9.17, 15) is 9.59 Å². The first-order valence-corrected chi connectivity index (χ1v) is 16.1. The number of halogens is 2. The Kier molecular flexibility index (Phi) is 8.76. The number of fused-ring (bicyclic) bond motifs is 2. The van der Waals surface area contributed by atoms with Crippen LogP contribution in [-0.2, 0) is 18.3 Å². The minimum absolute atomic E-state index is 0.124. The second-order valence-electron chi connectivity index (χ2n) is 13.0. The van der Waals surface area contributed by atoms with Gasteiger partial charge in [0.25, 0.3) is 0 Å². The standard InChI is InChI=1S/C36H39ClFN5O5/c1-21-8-13-26-33(40(5)34(44)43(26)20-22-9-11-23(46-6)12-10-22)28(21)29-25(37)18-24-31(30(29)38)39-19-27(47-7)32(24)41-14-16-42(17-15-41)35(45)48-36(2,3)4/h8-13,18-19H,14-17,20H2,1-7H3. The molecule has 0 bridgehead atoms. The van der Waals surface area contributed by atoms with Gasteiger partial charge in [-0.1, -0.05) is 29.8 Å². The first-order chi connectivity index (χ1) is 22.8. The fraction of sp³-hybridized carbons (Fsp3) is 0.361. The van der Waals surface area contributed by atoms with Crippen LogP contribution >= 0.6 is 11.6 Å². The number of methoxy groups -OCH3 is 2. The molecule has 0 N–H and O–H groups in total. The lowest BCUT2D eigenvalue weighted by Crippen LogP contribution is -2.50. The SMILES string of the molecule is COc1ccc(Cn2c(=O)n(C)c3c(-c4c(Cl)cc5c(N6CCN(C(=O)OC(C)(C)C)CC6)c(OC)cnc5c4F)c(C)ccc32)cc1. The van der Waals surface area contributed by atoms with Gasteiger partial charge in [-0.25, -0.2) is 19.0 Å². The molecule has 1 saturated heterocycles. The Morgan fingerprint density at radius 1 is 1.00 bits per heavy atom. The number of carbonyl (C=O) groups is 1. The highest BCUT2D eigenvalue weighted by molar-refractivity contribution is 6.35. The summed E-state index contributed by atoms with van der Waals surface area (Å²) < 4.78 is 36.6. The van der Waals surface area contributed by atoms with Crippen molar-refractivity contribution in [3.8, 4) is 22.6 Å². The Labute approximate surface area is 283 Å². The number of imidazole rings is 1. The van der Waals surface area contributed by atoms with E-state index in [4.69, 9.17) is 25.8 Å². The van der Waals surface area contributed by atoms with E-state index in [2.05, 4.69) is 4.98 Å². The Hall–Kier alpha value is -4.77. The molecule has 1 aliphatic heterocycles. The topological polar surface area (TPSA) is 91.1 Å². The van der Waals surface area contributed by atoms with Gasteiger partial charge in [-0.15, -0.1) is 0 Å². The molecular formula is C36H39ClFN5O5. The van der Waals surface area contributed by atoms with Crippen molar-refractivity contribution in [2.75, 3.05) is 45.3 Å². The maximum absolute atomic E-state index is 16.9. The van der Waals surface area contributed by atoms with Crippen LogP contribution in [0.25, 0.3) is 33.1 Å². The van der Waals surface area contributed by atoms with Crippen LogP contribution in [0.2, 0.25) is 5.02 Å². The third-order valence-corrected chi connectivity index (χ3v) is 9.02. The van der Waals surface area contributed by atoms with E-state index < -0.39 is 11.4 Å². The molecule has 0 aliphatic carbocycles. The molecule has 5 aromatic rings. The predicted octanol–water partition coefficient (Wildman–Crippen LogP) is 6.78. The average Bonchev–Trinajstić information content (AvgIpc) is 3.29. The van der Waals surface area contributed by atoms with Crippen molar-refractivity contribution in [2.45, 2.75) is 39.8 Å². The first kappa shape index (κ1) is 33.1. The molecule has 0 spiro atoms. The summed E-state index contributed by atoms with van der Waals surface area (Å²) in [5.74, 6) is 0.591. The molecule has 3 aromatic carbocycles. The molecule has 0 atom stereocenters. The normalized spacial score (nSPS) is 13.8. The van der Waals surface area contributed by atoms with Crippen LogP contribution in [0.3, 0.4) is 0 Å². The van der Waals surface area contributed by atoms with Crippen LogP contribution in [0.15, 0.2) is 53.5 Å². The van der Waals surface area contributed by atoms with E-state index in [1.807, 2.05) is 69.0 Å². The lowest BCUT2D eigenvalue weighted by Gasteiger charge is -2.37. The molecule has 0 saturated carbocycles. The Morgan fingerprint density at radius 2 is 1.69 bits per heavy atom. The number of hydrogen-bond acceptors (Lipinski definition) is 7. The van der Waals surface area contributed by atoms with Crippen molar-refractivity contribution < 1.29 is 23.4 Å². The van der Waals surface area contributed by atoms with Crippen LogP contribution in [-0.4, -0.2) is 71.1 Å². The highest BCUT2D eigenvalue weighted by atomic mass is 35.5. The Bertz CT molecular complexity index is 2090. The fourth-order valence-electron chi connectivity index (χ4n) is 6.38. The number of hydrogen-bond donors (Lipinski definition) is 0. The van der Waals surface area contributed by atoms with Crippen LogP contribution in [0.1, 0.15) is 31.9 Å². The predicted molar refractivity (Wildman–Crippen MR) is 186 cm³/mol. The van der Waals surface area contributed by atoms with Gasteiger partial charge >= 0.3 is 11.8 Å². The molecule has 6 rings (SSSR count). The van der Waals surface area contributed by atoms with Gasteiger partial charge in [0.1, 0.15) is 16.9 Å². The van der Waals surface area contributed by atoms with Gasteiger partial charge in [0, 0.05) is 49.7 Å². The van der Waals surface area contributed by atoms with Gasteiger partial charge in [-0.2, -0.15) is 0 Å². The lowest BCUT2D eigenvalue weighted by atomic mass is 9.96. The van der Waals surface area contributed by atoms with Gasteiger partial charge < -0.3 is 24.0 Å². The van der Waals surface area contributed by atoms with Crippen molar-refractivity contribution in [1.82, 2.24) is 19.0 Å². The third-order valence-electron chi connectivity index (χ3n) is 8.72. The number of carbonyl (C=O) groups excluding carboxylic acids is 1. The number of aromatic nitrogens is 3. The maximum atomic E-state index is 16.9. The van der Waals surface area contributed by atoms with Gasteiger partial charge in [-0.3, -0.25) is 9.13 Å². The summed E-state index contributed by atoms with van der Waals surface area (Å²) in [6.07, 6.45) is 1.14. The van der Waals surface area contributed by atoms with Crippen LogP contribution in [0.4, 0.5) is 14.9 Å². The van der Waals surface area contributed by atoms with Crippen molar-refractivity contribution in [2.24, 2.45) is 7.05 Å². The van der Waals surface area contributed by atoms with Crippen LogP contribution in [0, 0.1) is 12.7 Å². The molecule has 252 valence electrons. The highest BCUT2D eigenvalue weighted by Crippen LogP contribution is 2.44. The van der Waals surface area contributed by atoms with E-state index >= 15 is 4.39 Å². The summed E-state index contributed by atoms with van der Waals surface area (Å²) in [5.41, 5.74) is 3.52. The van der Waals surface area contributed by atoms with Crippen molar-refractivity contribution in [1.29, 1.82) is 0 Å². The molecule has 3 heterocycles. The summed E-state index contributed by atoms with van der Waals surface area (Å²) >= 11 is 7.00. The minimum atomic E-state index is -0.598. The monoisotopic (exact) mass is 675 g/mol. The second-order valence-corrected chi connectivity index (χ2v) is 13.4. The first-order valence-electron chi connectivity index (χ1n) is 15.7. The van der Waals surface area contributed by atoms with E-state index in [0.717, 1.165) is 16.9 Å². The largest absolute Gasteiger partial charge is 0.497 e. The molecule has 0 unspecified atom stereocenters.